The smallest absolute Gasteiger partial charge is 0.271 e. The Labute approximate surface area is 169 Å². The van der Waals surface area contributed by atoms with Gasteiger partial charge in [0.15, 0.2) is 0 Å². The van der Waals surface area contributed by atoms with Crippen molar-refractivity contribution in [3.05, 3.63) is 65.2 Å². The van der Waals surface area contributed by atoms with Crippen LogP contribution in [0.25, 0.3) is 0 Å². The Bertz CT molecular complexity index is 983. The molecule has 0 aliphatic heterocycles. The Morgan fingerprint density at radius 1 is 1.07 bits per heavy atom. The maximum absolute atomic E-state index is 12.6. The first-order valence-electron chi connectivity index (χ1n) is 7.93. The molecule has 1 unspecified atom stereocenters. The molecule has 0 fully saturated rings. The van der Waals surface area contributed by atoms with Gasteiger partial charge in [0.25, 0.3) is 5.91 Å². The molecule has 0 aliphatic carbocycles. The summed E-state index contributed by atoms with van der Waals surface area (Å²) >= 11 is 5.71. The first-order chi connectivity index (χ1) is 13.4. The molecule has 7 nitrogen and oxygen atoms in total. The Kier molecular flexibility index (Phi) is 7.01. The van der Waals surface area contributed by atoms with Crippen molar-refractivity contribution in [3.63, 3.8) is 0 Å². The molecular formula is C17H15ClF3N3O4S. The second-order valence-electron chi connectivity index (χ2n) is 5.83. The standard InChI is InChI=1S/C17H15ClF3N3O4S/c18-12-6-8-13(9-7-12)29(27,28)23-14(10-11-4-2-1-3-5-11)15(25)24(22)16(26)17(19,20)21/h1-9,14,23H,10,22H2. The first kappa shape index (κ1) is 22.8. The van der Waals surface area contributed by atoms with Gasteiger partial charge in [-0.15, -0.1) is 0 Å². The molecule has 12 heteroatoms. The van der Waals surface area contributed by atoms with E-state index in [0.717, 1.165) is 12.1 Å². The van der Waals surface area contributed by atoms with Crippen molar-refractivity contribution in [2.45, 2.75) is 23.5 Å². The van der Waals surface area contributed by atoms with E-state index in [1.54, 1.807) is 18.2 Å². The van der Waals surface area contributed by atoms with Crippen LogP contribution < -0.4 is 10.6 Å². The van der Waals surface area contributed by atoms with Gasteiger partial charge >= 0.3 is 12.1 Å². The SMILES string of the molecule is NN(C(=O)C(Cc1ccccc1)NS(=O)(=O)c1ccc(Cl)cc1)C(=O)C(F)(F)F. The molecule has 3 N–H and O–H groups in total. The average molecular weight is 450 g/mol. The maximum atomic E-state index is 12.6. The number of carbonyl (C=O) groups excluding carboxylic acids is 2. The number of hydrazine groups is 1. The van der Waals surface area contributed by atoms with E-state index in [-0.39, 0.29) is 16.3 Å². The number of carbonyl (C=O) groups is 2. The fourth-order valence-electron chi connectivity index (χ4n) is 2.30. The highest BCUT2D eigenvalue weighted by molar-refractivity contribution is 7.89. The van der Waals surface area contributed by atoms with Crippen molar-refractivity contribution >= 4 is 33.4 Å². The van der Waals surface area contributed by atoms with Crippen LogP contribution in [0.1, 0.15) is 5.56 Å². The highest BCUT2D eigenvalue weighted by atomic mass is 35.5. The van der Waals surface area contributed by atoms with E-state index in [0.29, 0.717) is 5.56 Å². The number of imide groups is 1. The Balaban J connectivity index is 2.35. The average Bonchev–Trinajstić information content (AvgIpc) is 2.66. The summed E-state index contributed by atoms with van der Waals surface area (Å²) in [7, 11) is -4.34. The fourth-order valence-corrected chi connectivity index (χ4v) is 3.62. The summed E-state index contributed by atoms with van der Waals surface area (Å²) in [6, 6.07) is 11.0. The van der Waals surface area contributed by atoms with Gasteiger partial charge in [-0.1, -0.05) is 41.9 Å². The van der Waals surface area contributed by atoms with E-state index < -0.39 is 39.1 Å². The van der Waals surface area contributed by atoms with Crippen molar-refractivity contribution in [1.29, 1.82) is 0 Å². The summed E-state index contributed by atoms with van der Waals surface area (Å²) in [6.07, 6.45) is -5.75. The van der Waals surface area contributed by atoms with Gasteiger partial charge < -0.3 is 0 Å². The van der Waals surface area contributed by atoms with E-state index in [1.807, 2.05) is 4.72 Å². The van der Waals surface area contributed by atoms with E-state index >= 15 is 0 Å². The lowest BCUT2D eigenvalue weighted by molar-refractivity contribution is -0.188. The molecule has 1 atom stereocenters. The molecule has 0 aromatic heterocycles. The van der Waals surface area contributed by atoms with Crippen molar-refractivity contribution in [2.24, 2.45) is 5.84 Å². The van der Waals surface area contributed by atoms with E-state index in [2.05, 4.69) is 0 Å². The molecule has 0 spiro atoms. The minimum absolute atomic E-state index is 0.254. The zero-order valence-corrected chi connectivity index (χ0v) is 16.1. The quantitative estimate of drug-likeness (QED) is 0.398. The van der Waals surface area contributed by atoms with Gasteiger partial charge in [0, 0.05) is 5.02 Å². The van der Waals surface area contributed by atoms with Crippen molar-refractivity contribution < 1.29 is 31.2 Å². The summed E-state index contributed by atoms with van der Waals surface area (Å²) in [5, 5.41) is -0.386. The summed E-state index contributed by atoms with van der Waals surface area (Å²) in [5.41, 5.74) is 0.428. The number of amides is 2. The van der Waals surface area contributed by atoms with Gasteiger partial charge in [-0.2, -0.15) is 17.9 Å². The number of sulfonamides is 1. The summed E-state index contributed by atoms with van der Waals surface area (Å²) in [5.74, 6) is 0.860. The number of nitrogens with zero attached hydrogens (tertiary/aromatic N) is 1. The number of alkyl halides is 3. The van der Waals surface area contributed by atoms with Crippen molar-refractivity contribution in [2.75, 3.05) is 0 Å². The molecule has 2 aromatic rings. The van der Waals surface area contributed by atoms with Crippen LogP contribution in [-0.2, 0) is 26.0 Å². The lowest BCUT2D eigenvalue weighted by Crippen LogP contribution is -2.57. The third kappa shape index (κ3) is 6.00. The highest BCUT2D eigenvalue weighted by Gasteiger charge is 2.45. The molecule has 2 rings (SSSR count). The second kappa shape index (κ2) is 8.91. The minimum Gasteiger partial charge on any atom is -0.271 e. The largest absolute Gasteiger partial charge is 0.473 e. The van der Waals surface area contributed by atoms with Gasteiger partial charge in [0.1, 0.15) is 6.04 Å². The Morgan fingerprint density at radius 2 is 1.62 bits per heavy atom. The molecular weight excluding hydrogens is 435 g/mol. The van der Waals surface area contributed by atoms with Crippen LogP contribution in [0.5, 0.6) is 0 Å². The number of hydrogen-bond donors (Lipinski definition) is 2. The highest BCUT2D eigenvalue weighted by Crippen LogP contribution is 2.19. The Hall–Kier alpha value is -2.47. The lowest BCUT2D eigenvalue weighted by atomic mass is 10.1. The number of rotatable bonds is 6. The first-order valence-corrected chi connectivity index (χ1v) is 9.79. The monoisotopic (exact) mass is 449 g/mol. The number of halogens is 4. The van der Waals surface area contributed by atoms with Crippen LogP contribution in [-0.4, -0.2) is 37.5 Å². The van der Waals surface area contributed by atoms with E-state index in [4.69, 9.17) is 17.4 Å². The molecule has 0 bridgehead atoms. The van der Waals surface area contributed by atoms with E-state index in [1.165, 1.54) is 24.3 Å². The van der Waals surface area contributed by atoms with Crippen LogP contribution >= 0.6 is 11.6 Å². The molecule has 2 aromatic carbocycles. The normalized spacial score (nSPS) is 13.0. The molecule has 29 heavy (non-hydrogen) atoms. The third-order valence-electron chi connectivity index (χ3n) is 3.70. The van der Waals surface area contributed by atoms with Crippen molar-refractivity contribution in [3.8, 4) is 0 Å². The second-order valence-corrected chi connectivity index (χ2v) is 7.98. The number of nitrogens with two attached hydrogens (primary N) is 1. The zero-order chi connectivity index (χ0) is 21.8. The van der Waals surface area contributed by atoms with Crippen LogP contribution in [0.4, 0.5) is 13.2 Å². The van der Waals surface area contributed by atoms with Gasteiger partial charge in [-0.3, -0.25) is 9.59 Å². The molecule has 0 heterocycles. The number of benzene rings is 2. The van der Waals surface area contributed by atoms with Gasteiger partial charge in [-0.25, -0.2) is 19.3 Å². The lowest BCUT2D eigenvalue weighted by Gasteiger charge is -2.23. The zero-order valence-electron chi connectivity index (χ0n) is 14.6. The van der Waals surface area contributed by atoms with Crippen LogP contribution in [0.3, 0.4) is 0 Å². The van der Waals surface area contributed by atoms with Gasteiger partial charge in [0.05, 0.1) is 4.90 Å². The maximum Gasteiger partial charge on any atom is 0.473 e. The van der Waals surface area contributed by atoms with Gasteiger partial charge in [0.2, 0.25) is 10.0 Å². The van der Waals surface area contributed by atoms with Crippen LogP contribution in [0.2, 0.25) is 5.02 Å². The Morgan fingerprint density at radius 3 is 2.14 bits per heavy atom. The predicted molar refractivity (Wildman–Crippen MR) is 97.8 cm³/mol. The van der Waals surface area contributed by atoms with Gasteiger partial charge in [-0.05, 0) is 36.2 Å². The fraction of sp³-hybridized carbons (Fsp3) is 0.176. The van der Waals surface area contributed by atoms with Crippen LogP contribution in [0.15, 0.2) is 59.5 Å². The third-order valence-corrected chi connectivity index (χ3v) is 5.44. The summed E-state index contributed by atoms with van der Waals surface area (Å²) in [4.78, 5) is 23.5. The molecule has 2 amide bonds. The summed E-state index contributed by atoms with van der Waals surface area (Å²) < 4.78 is 65.0. The van der Waals surface area contributed by atoms with E-state index in [9.17, 15) is 31.2 Å². The molecule has 0 saturated heterocycles. The summed E-state index contributed by atoms with van der Waals surface area (Å²) in [6.45, 7) is 0. The van der Waals surface area contributed by atoms with Crippen LogP contribution in [0, 0.1) is 0 Å². The molecule has 0 radical (unpaired) electrons. The predicted octanol–water partition coefficient (Wildman–Crippen LogP) is 2.02. The topological polar surface area (TPSA) is 110 Å². The minimum atomic E-state index is -5.41. The molecule has 0 saturated carbocycles. The number of nitrogens with one attached hydrogen (secondary N) is 1. The van der Waals surface area contributed by atoms with Crippen molar-refractivity contribution in [1.82, 2.24) is 9.73 Å². The molecule has 156 valence electrons. The molecule has 0 aliphatic rings. The number of hydrogen-bond acceptors (Lipinski definition) is 5.